The first-order chi connectivity index (χ1) is 9.84. The molecule has 0 atom stereocenters. The van der Waals surface area contributed by atoms with Gasteiger partial charge in [-0.2, -0.15) is 13.2 Å². The molecule has 2 aromatic heterocycles. The first-order valence-corrected chi connectivity index (χ1v) is 7.34. The van der Waals surface area contributed by atoms with Crippen LogP contribution in [0.25, 0.3) is 11.0 Å². The number of fused-ring (bicyclic) bond motifs is 1. The van der Waals surface area contributed by atoms with Crippen LogP contribution in [-0.2, 0) is 12.7 Å². The van der Waals surface area contributed by atoms with Crippen molar-refractivity contribution in [2.45, 2.75) is 19.6 Å². The fraction of sp³-hybridized carbons (Fsp3) is 0.231. The molecule has 0 amide bonds. The van der Waals surface area contributed by atoms with Crippen LogP contribution in [0.2, 0.25) is 0 Å². The third-order valence-corrected chi connectivity index (χ3v) is 4.23. The number of halogens is 3. The van der Waals surface area contributed by atoms with E-state index in [1.807, 2.05) is 12.3 Å². The van der Waals surface area contributed by atoms with Crippen molar-refractivity contribution in [1.29, 1.82) is 0 Å². The molecule has 0 radical (unpaired) electrons. The van der Waals surface area contributed by atoms with E-state index in [2.05, 4.69) is 9.97 Å². The van der Waals surface area contributed by atoms with E-state index in [0.717, 1.165) is 22.8 Å². The summed E-state index contributed by atoms with van der Waals surface area (Å²) in [7, 11) is 0. The normalized spacial score (nSPS) is 12.2. The largest absolute Gasteiger partial charge is 0.416 e. The highest BCUT2D eigenvalue weighted by atomic mass is 32.1. The quantitative estimate of drug-likeness (QED) is 0.701. The lowest BCUT2D eigenvalue weighted by Gasteiger charge is -2.07. The number of aryl methyl sites for hydroxylation is 1. The number of rotatable bonds is 2. The van der Waals surface area contributed by atoms with E-state index < -0.39 is 11.7 Å². The lowest BCUT2D eigenvalue weighted by Crippen LogP contribution is -2.04. The van der Waals surface area contributed by atoms with Gasteiger partial charge in [-0.25, -0.2) is 4.98 Å². The summed E-state index contributed by atoms with van der Waals surface area (Å²) in [6.45, 7) is 2.34. The summed E-state index contributed by atoms with van der Waals surface area (Å²) in [5.74, 6) is 0. The van der Waals surface area contributed by atoms with Crippen molar-refractivity contribution in [3.8, 4) is 0 Å². The maximum Gasteiger partial charge on any atom is 0.416 e. The van der Waals surface area contributed by atoms with Crippen molar-refractivity contribution in [2.75, 3.05) is 0 Å². The summed E-state index contributed by atoms with van der Waals surface area (Å²) >= 11 is 6.72. The minimum Gasteiger partial charge on any atom is -0.331 e. The Morgan fingerprint density at radius 1 is 1.38 bits per heavy atom. The second kappa shape index (κ2) is 4.96. The van der Waals surface area contributed by atoms with Crippen LogP contribution >= 0.6 is 23.6 Å². The molecule has 0 aliphatic rings. The van der Waals surface area contributed by atoms with Crippen molar-refractivity contribution in [3.05, 3.63) is 44.6 Å². The minimum atomic E-state index is -4.36. The Balaban J connectivity index is 2.07. The van der Waals surface area contributed by atoms with Crippen molar-refractivity contribution >= 4 is 34.6 Å². The average molecular weight is 329 g/mol. The molecule has 8 heteroatoms. The van der Waals surface area contributed by atoms with E-state index in [1.165, 1.54) is 17.4 Å². The molecule has 0 saturated carbocycles. The van der Waals surface area contributed by atoms with Crippen LogP contribution in [-0.4, -0.2) is 14.5 Å². The van der Waals surface area contributed by atoms with Gasteiger partial charge in [0, 0.05) is 5.38 Å². The minimum absolute atomic E-state index is 0.377. The highest BCUT2D eigenvalue weighted by molar-refractivity contribution is 7.71. The smallest absolute Gasteiger partial charge is 0.331 e. The van der Waals surface area contributed by atoms with E-state index in [0.29, 0.717) is 22.3 Å². The number of aromatic nitrogens is 3. The molecule has 0 aliphatic carbocycles. The molecule has 0 saturated heterocycles. The second-order valence-electron chi connectivity index (χ2n) is 4.60. The molecule has 1 N–H and O–H groups in total. The number of H-pyrrole nitrogens is 1. The van der Waals surface area contributed by atoms with Crippen molar-refractivity contribution in [2.24, 2.45) is 0 Å². The monoisotopic (exact) mass is 329 g/mol. The van der Waals surface area contributed by atoms with Gasteiger partial charge in [0.15, 0.2) is 4.77 Å². The molecule has 2 heterocycles. The van der Waals surface area contributed by atoms with E-state index in [1.54, 1.807) is 4.57 Å². The number of aromatic amines is 1. The van der Waals surface area contributed by atoms with Crippen molar-refractivity contribution < 1.29 is 13.2 Å². The number of benzene rings is 1. The Bertz CT molecular complexity index is 858. The van der Waals surface area contributed by atoms with Gasteiger partial charge in [0.1, 0.15) is 0 Å². The summed E-state index contributed by atoms with van der Waals surface area (Å²) in [5.41, 5.74) is 1.16. The van der Waals surface area contributed by atoms with Crippen LogP contribution in [0.5, 0.6) is 0 Å². The summed E-state index contributed by atoms with van der Waals surface area (Å²) < 4.78 is 40.3. The lowest BCUT2D eigenvalue weighted by molar-refractivity contribution is -0.137. The predicted octanol–water partition coefficient (Wildman–Crippen LogP) is 4.53. The van der Waals surface area contributed by atoms with E-state index >= 15 is 0 Å². The van der Waals surface area contributed by atoms with Crippen LogP contribution in [0, 0.1) is 11.7 Å². The molecular formula is C13H10F3N3S2. The van der Waals surface area contributed by atoms with Gasteiger partial charge in [-0.15, -0.1) is 11.3 Å². The predicted molar refractivity (Wildman–Crippen MR) is 78.1 cm³/mol. The molecule has 3 rings (SSSR count). The summed E-state index contributed by atoms with van der Waals surface area (Å²) in [6.07, 6.45) is -4.36. The number of nitrogens with zero attached hydrogens (tertiary/aromatic N) is 2. The number of imidazole rings is 1. The third-order valence-electron chi connectivity index (χ3n) is 3.09. The van der Waals surface area contributed by atoms with Crippen molar-refractivity contribution in [1.82, 2.24) is 14.5 Å². The van der Waals surface area contributed by atoms with Gasteiger partial charge in [-0.05, 0) is 37.3 Å². The van der Waals surface area contributed by atoms with Gasteiger partial charge in [-0.3, -0.25) is 0 Å². The highest BCUT2D eigenvalue weighted by Crippen LogP contribution is 2.31. The molecule has 110 valence electrons. The molecular weight excluding hydrogens is 319 g/mol. The first-order valence-electron chi connectivity index (χ1n) is 6.05. The maximum absolute atomic E-state index is 12.7. The Morgan fingerprint density at radius 3 is 2.76 bits per heavy atom. The van der Waals surface area contributed by atoms with Crippen LogP contribution in [0.4, 0.5) is 13.2 Å². The third kappa shape index (κ3) is 2.73. The van der Waals surface area contributed by atoms with Gasteiger partial charge in [0.05, 0.1) is 33.8 Å². The molecule has 0 spiro atoms. The Kier molecular flexibility index (Phi) is 3.37. The number of alkyl halides is 3. The molecule has 21 heavy (non-hydrogen) atoms. The SMILES string of the molecule is Cc1nc(Cn2c(=S)[nH]c3cc(C(F)(F)F)ccc32)cs1. The van der Waals surface area contributed by atoms with E-state index in [9.17, 15) is 13.2 Å². The van der Waals surface area contributed by atoms with E-state index in [4.69, 9.17) is 12.2 Å². The number of thiazole rings is 1. The van der Waals surface area contributed by atoms with Gasteiger partial charge in [0.25, 0.3) is 0 Å². The molecule has 3 aromatic rings. The average Bonchev–Trinajstić information content (AvgIpc) is 2.93. The molecule has 0 unspecified atom stereocenters. The summed E-state index contributed by atoms with van der Waals surface area (Å²) in [5, 5.41) is 2.86. The standard InChI is InChI=1S/C13H10F3N3S2/c1-7-17-9(6-21-7)5-19-11-3-2-8(13(14,15)16)4-10(11)18-12(19)20/h2-4,6H,5H2,1H3,(H,18,20). The second-order valence-corrected chi connectivity index (χ2v) is 6.05. The number of hydrogen-bond acceptors (Lipinski definition) is 3. The zero-order valence-corrected chi connectivity index (χ0v) is 12.5. The van der Waals surface area contributed by atoms with Gasteiger partial charge in [0.2, 0.25) is 0 Å². The first kappa shape index (κ1) is 14.3. The molecule has 0 bridgehead atoms. The van der Waals surface area contributed by atoms with Gasteiger partial charge >= 0.3 is 6.18 Å². The summed E-state index contributed by atoms with van der Waals surface area (Å²) in [6, 6.07) is 3.57. The Labute approximate surface area is 127 Å². The number of nitrogens with one attached hydrogen (secondary N) is 1. The molecule has 1 aromatic carbocycles. The van der Waals surface area contributed by atoms with Gasteiger partial charge < -0.3 is 9.55 Å². The highest BCUT2D eigenvalue weighted by Gasteiger charge is 2.30. The topological polar surface area (TPSA) is 33.6 Å². The van der Waals surface area contributed by atoms with Crippen LogP contribution < -0.4 is 0 Å². The zero-order chi connectivity index (χ0) is 15.2. The fourth-order valence-electron chi connectivity index (χ4n) is 2.14. The molecule has 0 aliphatic heterocycles. The van der Waals surface area contributed by atoms with E-state index in [-0.39, 0.29) is 0 Å². The molecule has 0 fully saturated rings. The van der Waals surface area contributed by atoms with Crippen LogP contribution in [0.15, 0.2) is 23.6 Å². The number of hydrogen-bond donors (Lipinski definition) is 1. The Morgan fingerprint density at radius 2 is 2.14 bits per heavy atom. The van der Waals surface area contributed by atoms with Crippen LogP contribution in [0.3, 0.4) is 0 Å². The van der Waals surface area contributed by atoms with Crippen molar-refractivity contribution in [3.63, 3.8) is 0 Å². The van der Waals surface area contributed by atoms with Crippen LogP contribution in [0.1, 0.15) is 16.3 Å². The fourth-order valence-corrected chi connectivity index (χ4v) is 3.02. The lowest BCUT2D eigenvalue weighted by atomic mass is 10.2. The summed E-state index contributed by atoms with van der Waals surface area (Å²) in [4.78, 5) is 7.17. The van der Waals surface area contributed by atoms with Gasteiger partial charge in [-0.1, -0.05) is 0 Å². The molecule has 3 nitrogen and oxygen atoms in total. The zero-order valence-electron chi connectivity index (χ0n) is 10.9. The maximum atomic E-state index is 12.7. The Hall–Kier alpha value is -1.67.